The number of nitrogens with zero attached hydrogens (tertiary/aromatic N) is 1. The maximum atomic E-state index is 11.8. The maximum Gasteiger partial charge on any atom is 0.248 e. The second-order valence-corrected chi connectivity index (χ2v) is 5.10. The van der Waals surface area contributed by atoms with Crippen molar-refractivity contribution in [2.75, 3.05) is 5.32 Å². The molecule has 0 saturated heterocycles. The summed E-state index contributed by atoms with van der Waals surface area (Å²) in [6.07, 6.45) is 3.28. The van der Waals surface area contributed by atoms with Crippen molar-refractivity contribution in [1.29, 1.82) is 0 Å². The zero-order chi connectivity index (χ0) is 13.8. The molecule has 0 unspecified atom stereocenters. The van der Waals surface area contributed by atoms with Crippen molar-refractivity contribution in [3.8, 4) is 0 Å². The third-order valence-corrected chi connectivity index (χ3v) is 3.20. The quantitative estimate of drug-likeness (QED) is 0.851. The van der Waals surface area contributed by atoms with Crippen LogP contribution in [0.3, 0.4) is 0 Å². The van der Waals surface area contributed by atoms with E-state index in [9.17, 15) is 4.79 Å². The fourth-order valence-electron chi connectivity index (χ4n) is 1.65. The van der Waals surface area contributed by atoms with Crippen molar-refractivity contribution in [3.63, 3.8) is 0 Å². The second-order valence-electron chi connectivity index (χ2n) is 4.18. The Hall–Kier alpha value is -1.88. The van der Waals surface area contributed by atoms with Crippen molar-refractivity contribution in [2.45, 2.75) is 13.8 Å². The van der Waals surface area contributed by atoms with Crippen molar-refractivity contribution in [1.82, 2.24) is 10.2 Å². The van der Waals surface area contributed by atoms with Gasteiger partial charge in [-0.15, -0.1) is 0 Å². The van der Waals surface area contributed by atoms with Gasteiger partial charge in [-0.2, -0.15) is 5.10 Å². The summed E-state index contributed by atoms with van der Waals surface area (Å²) >= 11 is 3.37. The van der Waals surface area contributed by atoms with Gasteiger partial charge in [0.2, 0.25) is 5.91 Å². The highest BCUT2D eigenvalue weighted by atomic mass is 79.9. The van der Waals surface area contributed by atoms with Gasteiger partial charge < -0.3 is 5.32 Å². The van der Waals surface area contributed by atoms with E-state index in [2.05, 4.69) is 31.4 Å². The average Bonchev–Trinajstić information content (AvgIpc) is 2.70. The number of aromatic amines is 1. The van der Waals surface area contributed by atoms with Crippen LogP contribution in [0.1, 0.15) is 17.0 Å². The molecule has 0 aliphatic carbocycles. The minimum Gasteiger partial charge on any atom is -0.319 e. The Kier molecular flexibility index (Phi) is 4.16. The van der Waals surface area contributed by atoms with Crippen LogP contribution in [-0.2, 0) is 4.79 Å². The molecule has 2 rings (SSSR count). The van der Waals surface area contributed by atoms with Gasteiger partial charge in [0.15, 0.2) is 0 Å². The summed E-state index contributed by atoms with van der Waals surface area (Å²) in [5.41, 5.74) is 3.34. The number of hydrogen-bond donors (Lipinski definition) is 2. The Morgan fingerprint density at radius 2 is 2.00 bits per heavy atom. The van der Waals surface area contributed by atoms with Gasteiger partial charge in [0.05, 0.1) is 17.1 Å². The molecule has 1 aromatic heterocycles. The smallest absolute Gasteiger partial charge is 0.248 e. The molecule has 0 atom stereocenters. The Balaban J connectivity index is 2.04. The lowest BCUT2D eigenvalue weighted by atomic mass is 10.2. The van der Waals surface area contributed by atoms with Crippen LogP contribution in [-0.4, -0.2) is 16.1 Å². The predicted molar refractivity (Wildman–Crippen MR) is 79.9 cm³/mol. The molecule has 4 nitrogen and oxygen atoms in total. The Morgan fingerprint density at radius 1 is 1.32 bits per heavy atom. The van der Waals surface area contributed by atoms with Gasteiger partial charge in [-0.05, 0) is 37.6 Å². The normalized spacial score (nSPS) is 10.9. The molecule has 98 valence electrons. The van der Waals surface area contributed by atoms with Gasteiger partial charge in [-0.3, -0.25) is 9.89 Å². The number of aromatic nitrogens is 2. The predicted octanol–water partition coefficient (Wildman–Crippen LogP) is 3.44. The molecule has 2 N–H and O–H groups in total. The van der Waals surface area contributed by atoms with E-state index in [0.29, 0.717) is 0 Å². The van der Waals surface area contributed by atoms with Crippen LogP contribution >= 0.6 is 15.9 Å². The number of benzene rings is 1. The molecule has 19 heavy (non-hydrogen) atoms. The van der Waals surface area contributed by atoms with Crippen LogP contribution < -0.4 is 5.32 Å². The largest absolute Gasteiger partial charge is 0.319 e. The second kappa shape index (κ2) is 5.84. The Bertz CT molecular complexity index is 595. The van der Waals surface area contributed by atoms with Crippen molar-refractivity contribution in [3.05, 3.63) is 51.8 Å². The van der Waals surface area contributed by atoms with E-state index in [4.69, 9.17) is 0 Å². The fourth-order valence-corrected chi connectivity index (χ4v) is 1.91. The first-order valence-electron chi connectivity index (χ1n) is 5.82. The van der Waals surface area contributed by atoms with E-state index >= 15 is 0 Å². The van der Waals surface area contributed by atoms with Crippen LogP contribution in [0.2, 0.25) is 0 Å². The van der Waals surface area contributed by atoms with Gasteiger partial charge in [0.25, 0.3) is 0 Å². The number of anilines is 1. The lowest BCUT2D eigenvalue weighted by Crippen LogP contribution is -2.09. The highest BCUT2D eigenvalue weighted by Crippen LogP contribution is 2.16. The van der Waals surface area contributed by atoms with E-state index in [-0.39, 0.29) is 5.91 Å². The summed E-state index contributed by atoms with van der Waals surface area (Å²) in [7, 11) is 0. The first-order chi connectivity index (χ1) is 9.06. The topological polar surface area (TPSA) is 57.8 Å². The lowest BCUT2D eigenvalue weighted by Gasteiger charge is -2.01. The molecule has 0 radical (unpaired) electrons. The van der Waals surface area contributed by atoms with Gasteiger partial charge in [0, 0.05) is 10.5 Å². The summed E-state index contributed by atoms with van der Waals surface area (Å²) in [5.74, 6) is -0.171. The minimum atomic E-state index is -0.171. The van der Waals surface area contributed by atoms with E-state index in [1.54, 1.807) is 6.08 Å². The number of rotatable bonds is 3. The SMILES string of the molecule is Cc1n[nH]c(C)c1NC(=O)/C=C/c1ccc(Br)cc1. The van der Waals surface area contributed by atoms with Gasteiger partial charge in [-0.25, -0.2) is 0 Å². The van der Waals surface area contributed by atoms with Crippen LogP contribution in [0, 0.1) is 13.8 Å². The number of halogens is 1. The summed E-state index contributed by atoms with van der Waals surface area (Å²) in [5, 5.41) is 9.67. The number of carbonyl (C=O) groups is 1. The molecule has 1 heterocycles. The van der Waals surface area contributed by atoms with E-state index in [1.807, 2.05) is 38.1 Å². The van der Waals surface area contributed by atoms with Crippen molar-refractivity contribution in [2.24, 2.45) is 0 Å². The van der Waals surface area contributed by atoms with Gasteiger partial charge >= 0.3 is 0 Å². The molecule has 1 aromatic carbocycles. The third kappa shape index (κ3) is 3.54. The monoisotopic (exact) mass is 319 g/mol. The number of amides is 1. The molecule has 0 saturated carbocycles. The standard InChI is InChI=1S/C14H14BrN3O/c1-9-14(10(2)18-17-9)16-13(19)8-5-11-3-6-12(15)7-4-11/h3-8H,1-2H3,(H,16,19)(H,17,18)/b8-5+. The van der Waals surface area contributed by atoms with Gasteiger partial charge in [-0.1, -0.05) is 28.1 Å². The van der Waals surface area contributed by atoms with E-state index in [0.717, 1.165) is 27.1 Å². The zero-order valence-electron chi connectivity index (χ0n) is 10.7. The Labute approximate surface area is 120 Å². The van der Waals surface area contributed by atoms with Crippen molar-refractivity contribution < 1.29 is 4.79 Å². The summed E-state index contributed by atoms with van der Waals surface area (Å²) < 4.78 is 1.01. The zero-order valence-corrected chi connectivity index (χ0v) is 12.3. The highest BCUT2D eigenvalue weighted by Gasteiger charge is 2.07. The number of hydrogen-bond acceptors (Lipinski definition) is 2. The lowest BCUT2D eigenvalue weighted by molar-refractivity contribution is -0.111. The number of nitrogens with one attached hydrogen (secondary N) is 2. The first kappa shape index (κ1) is 13.5. The van der Waals surface area contributed by atoms with Crippen molar-refractivity contribution >= 4 is 33.6 Å². The summed E-state index contributed by atoms with van der Waals surface area (Å²) in [6.45, 7) is 3.71. The molecule has 0 aliphatic rings. The van der Waals surface area contributed by atoms with Crippen LogP contribution in [0.25, 0.3) is 6.08 Å². The molecule has 0 bridgehead atoms. The maximum absolute atomic E-state index is 11.8. The average molecular weight is 320 g/mol. The molecule has 2 aromatic rings. The number of aryl methyl sites for hydroxylation is 2. The Morgan fingerprint density at radius 3 is 2.58 bits per heavy atom. The molecule has 0 spiro atoms. The van der Waals surface area contributed by atoms with E-state index < -0.39 is 0 Å². The molecule has 0 fully saturated rings. The highest BCUT2D eigenvalue weighted by molar-refractivity contribution is 9.10. The third-order valence-electron chi connectivity index (χ3n) is 2.67. The van der Waals surface area contributed by atoms with E-state index in [1.165, 1.54) is 6.08 Å². The molecular formula is C14H14BrN3O. The molecular weight excluding hydrogens is 306 g/mol. The fraction of sp³-hybridized carbons (Fsp3) is 0.143. The number of H-pyrrole nitrogens is 1. The van der Waals surface area contributed by atoms with Crippen LogP contribution in [0.4, 0.5) is 5.69 Å². The number of carbonyl (C=O) groups excluding carboxylic acids is 1. The van der Waals surface area contributed by atoms with Crippen LogP contribution in [0.5, 0.6) is 0 Å². The minimum absolute atomic E-state index is 0.171. The first-order valence-corrected chi connectivity index (χ1v) is 6.62. The van der Waals surface area contributed by atoms with Crippen LogP contribution in [0.15, 0.2) is 34.8 Å². The molecule has 5 heteroatoms. The molecule has 0 aliphatic heterocycles. The summed E-state index contributed by atoms with van der Waals surface area (Å²) in [6, 6.07) is 7.73. The molecule has 1 amide bonds. The summed E-state index contributed by atoms with van der Waals surface area (Å²) in [4.78, 5) is 11.8. The van der Waals surface area contributed by atoms with Gasteiger partial charge in [0.1, 0.15) is 0 Å².